The number of anilines is 1. The highest BCUT2D eigenvalue weighted by atomic mass is 16.5. The van der Waals surface area contributed by atoms with Gasteiger partial charge >= 0.3 is 0 Å². The fraction of sp³-hybridized carbons (Fsp3) is 0.133. The molecule has 1 aliphatic rings. The number of pyridine rings is 1. The van der Waals surface area contributed by atoms with Gasteiger partial charge in [0.25, 0.3) is 5.91 Å². The van der Waals surface area contributed by atoms with E-state index in [1.807, 2.05) is 54.6 Å². The van der Waals surface area contributed by atoms with Gasteiger partial charge in [-0.05, 0) is 54.0 Å². The van der Waals surface area contributed by atoms with Crippen LogP contribution < -0.4 is 14.8 Å². The number of rotatable bonds is 5. The molecule has 5 heteroatoms. The van der Waals surface area contributed by atoms with Crippen LogP contribution in [0.5, 0.6) is 5.75 Å². The summed E-state index contributed by atoms with van der Waals surface area (Å²) in [5.41, 5.74) is 7.38. The number of amides is 1. The number of hydrogen-bond acceptors (Lipinski definition) is 3. The molecule has 35 heavy (non-hydrogen) atoms. The number of hydrogen-bond donors (Lipinski definition) is 1. The van der Waals surface area contributed by atoms with E-state index in [1.54, 1.807) is 6.07 Å². The third-order valence-corrected chi connectivity index (χ3v) is 6.15. The SMILES string of the molecule is Cc1ccc(-c2ccc3c(c2)C=C(C(=O)Nc2ccc(Cc4cccc[n+]4[O-])cc2)CCO3)cc1. The van der Waals surface area contributed by atoms with E-state index in [4.69, 9.17) is 4.74 Å². The Kier molecular flexibility index (Phi) is 6.31. The summed E-state index contributed by atoms with van der Waals surface area (Å²) in [4.78, 5) is 13.1. The van der Waals surface area contributed by atoms with E-state index in [9.17, 15) is 10.0 Å². The van der Waals surface area contributed by atoms with Crippen LogP contribution in [0.3, 0.4) is 0 Å². The highest BCUT2D eigenvalue weighted by Crippen LogP contribution is 2.31. The van der Waals surface area contributed by atoms with Gasteiger partial charge in [-0.2, -0.15) is 4.73 Å². The molecular weight excluding hydrogens is 436 g/mol. The number of ether oxygens (including phenoxy) is 1. The third kappa shape index (κ3) is 5.25. The van der Waals surface area contributed by atoms with Crippen molar-refractivity contribution in [1.82, 2.24) is 0 Å². The smallest absolute Gasteiger partial charge is 0.251 e. The van der Waals surface area contributed by atoms with E-state index >= 15 is 0 Å². The first-order chi connectivity index (χ1) is 17.0. The fourth-order valence-corrected chi connectivity index (χ4v) is 4.16. The molecule has 1 aromatic heterocycles. The molecule has 0 bridgehead atoms. The summed E-state index contributed by atoms with van der Waals surface area (Å²) >= 11 is 0. The number of nitrogens with zero attached hydrogens (tertiary/aromatic N) is 1. The Labute approximate surface area is 204 Å². The van der Waals surface area contributed by atoms with Gasteiger partial charge in [-0.15, -0.1) is 0 Å². The topological polar surface area (TPSA) is 65.3 Å². The van der Waals surface area contributed by atoms with Gasteiger partial charge in [0, 0.05) is 35.4 Å². The van der Waals surface area contributed by atoms with E-state index in [-0.39, 0.29) is 5.91 Å². The lowest BCUT2D eigenvalue weighted by molar-refractivity contribution is -0.613. The second-order valence-electron chi connectivity index (χ2n) is 8.73. The van der Waals surface area contributed by atoms with Gasteiger partial charge in [0.1, 0.15) is 5.75 Å². The molecule has 0 saturated heterocycles. The van der Waals surface area contributed by atoms with Gasteiger partial charge in [-0.3, -0.25) is 4.79 Å². The van der Waals surface area contributed by atoms with E-state index in [0.29, 0.717) is 36.4 Å². The van der Waals surface area contributed by atoms with Crippen molar-refractivity contribution in [3.8, 4) is 16.9 Å². The standard InChI is InChI=1S/C30H26N2O3/c1-21-5-9-23(10-6-21)24-11-14-29-26(19-24)20-25(15-17-35-29)30(33)31-27-12-7-22(8-13-27)18-28-4-2-3-16-32(28)34/h2-14,16,19-20H,15,17-18H2,1H3,(H,31,33). The van der Waals surface area contributed by atoms with Crippen LogP contribution in [0.25, 0.3) is 17.2 Å². The highest BCUT2D eigenvalue weighted by Gasteiger charge is 2.16. The molecule has 0 atom stereocenters. The molecule has 1 amide bonds. The summed E-state index contributed by atoms with van der Waals surface area (Å²) in [6, 6.07) is 27.4. The van der Waals surface area contributed by atoms with Gasteiger partial charge in [0.05, 0.1) is 13.0 Å². The van der Waals surface area contributed by atoms with Gasteiger partial charge in [0.15, 0.2) is 11.9 Å². The van der Waals surface area contributed by atoms with Crippen molar-refractivity contribution >= 4 is 17.7 Å². The summed E-state index contributed by atoms with van der Waals surface area (Å²) in [7, 11) is 0. The fourth-order valence-electron chi connectivity index (χ4n) is 4.16. The van der Waals surface area contributed by atoms with Crippen molar-refractivity contribution in [2.45, 2.75) is 19.8 Å². The van der Waals surface area contributed by atoms with Crippen molar-refractivity contribution in [3.63, 3.8) is 0 Å². The average molecular weight is 463 g/mol. The predicted molar refractivity (Wildman–Crippen MR) is 138 cm³/mol. The van der Waals surface area contributed by atoms with E-state index in [0.717, 1.165) is 32.7 Å². The van der Waals surface area contributed by atoms with Crippen molar-refractivity contribution in [2.24, 2.45) is 0 Å². The quantitative estimate of drug-likeness (QED) is 0.306. The first-order valence-corrected chi connectivity index (χ1v) is 11.7. The average Bonchev–Trinajstić information content (AvgIpc) is 3.09. The van der Waals surface area contributed by atoms with Crippen LogP contribution in [0, 0.1) is 12.1 Å². The number of carbonyl (C=O) groups is 1. The molecule has 0 saturated carbocycles. The van der Waals surface area contributed by atoms with Crippen LogP contribution in [0.2, 0.25) is 0 Å². The molecule has 5 nitrogen and oxygen atoms in total. The zero-order chi connectivity index (χ0) is 24.2. The normalized spacial score (nSPS) is 12.7. The lowest BCUT2D eigenvalue weighted by atomic mass is 10.00. The molecule has 1 aliphatic heterocycles. The Morgan fingerprint density at radius 1 is 0.971 bits per heavy atom. The number of fused-ring (bicyclic) bond motifs is 1. The van der Waals surface area contributed by atoms with Crippen LogP contribution in [0.4, 0.5) is 5.69 Å². The molecule has 0 unspecified atom stereocenters. The maximum absolute atomic E-state index is 13.1. The number of carbonyl (C=O) groups excluding carboxylic acids is 1. The summed E-state index contributed by atoms with van der Waals surface area (Å²) in [5.74, 6) is 0.639. The molecule has 0 fully saturated rings. The van der Waals surface area contributed by atoms with Crippen LogP contribution >= 0.6 is 0 Å². The zero-order valence-electron chi connectivity index (χ0n) is 19.5. The number of aromatic nitrogens is 1. The third-order valence-electron chi connectivity index (χ3n) is 6.15. The number of benzene rings is 3. The Bertz CT molecular complexity index is 1390. The highest BCUT2D eigenvalue weighted by molar-refractivity contribution is 6.07. The van der Waals surface area contributed by atoms with Crippen molar-refractivity contribution in [3.05, 3.63) is 124 Å². The van der Waals surface area contributed by atoms with Crippen molar-refractivity contribution in [2.75, 3.05) is 11.9 Å². The Balaban J connectivity index is 1.32. The molecule has 4 aromatic rings. The van der Waals surface area contributed by atoms with E-state index in [2.05, 4.69) is 42.6 Å². The van der Waals surface area contributed by atoms with Crippen LogP contribution in [0.15, 0.2) is 96.7 Å². The van der Waals surface area contributed by atoms with Gasteiger partial charge < -0.3 is 15.3 Å². The maximum Gasteiger partial charge on any atom is 0.251 e. The number of nitrogens with one attached hydrogen (secondary N) is 1. The Morgan fingerprint density at radius 3 is 2.51 bits per heavy atom. The molecule has 2 heterocycles. The Hall–Kier alpha value is -4.38. The van der Waals surface area contributed by atoms with Crippen LogP contribution in [-0.4, -0.2) is 12.5 Å². The molecule has 0 radical (unpaired) electrons. The molecule has 0 aliphatic carbocycles. The molecule has 1 N–H and O–H groups in total. The number of aryl methyl sites for hydroxylation is 1. The van der Waals surface area contributed by atoms with Gasteiger partial charge in [0.2, 0.25) is 0 Å². The first-order valence-electron chi connectivity index (χ1n) is 11.7. The molecule has 174 valence electrons. The minimum atomic E-state index is -0.143. The van der Waals surface area contributed by atoms with Crippen LogP contribution in [-0.2, 0) is 11.2 Å². The lowest BCUT2D eigenvalue weighted by Gasteiger charge is -2.09. The summed E-state index contributed by atoms with van der Waals surface area (Å²) in [5, 5.41) is 14.9. The largest absolute Gasteiger partial charge is 0.618 e. The molecule has 5 rings (SSSR count). The summed E-state index contributed by atoms with van der Waals surface area (Å²) < 4.78 is 6.78. The zero-order valence-corrected chi connectivity index (χ0v) is 19.5. The van der Waals surface area contributed by atoms with Crippen molar-refractivity contribution < 1.29 is 14.3 Å². The minimum Gasteiger partial charge on any atom is -0.618 e. The van der Waals surface area contributed by atoms with Gasteiger partial charge in [-0.1, -0.05) is 54.1 Å². The lowest BCUT2D eigenvalue weighted by Crippen LogP contribution is -2.30. The van der Waals surface area contributed by atoms with E-state index in [1.165, 1.54) is 11.8 Å². The van der Waals surface area contributed by atoms with Crippen molar-refractivity contribution in [1.29, 1.82) is 0 Å². The monoisotopic (exact) mass is 462 g/mol. The second kappa shape index (κ2) is 9.85. The van der Waals surface area contributed by atoms with Gasteiger partial charge in [-0.25, -0.2) is 0 Å². The Morgan fingerprint density at radius 2 is 1.74 bits per heavy atom. The second-order valence-corrected chi connectivity index (χ2v) is 8.73. The molecular formula is C30H26N2O3. The maximum atomic E-state index is 13.1. The molecule has 0 spiro atoms. The van der Waals surface area contributed by atoms with E-state index < -0.39 is 0 Å². The predicted octanol–water partition coefficient (Wildman–Crippen LogP) is 5.69. The first kappa shape index (κ1) is 22.4. The minimum absolute atomic E-state index is 0.143. The summed E-state index contributed by atoms with van der Waals surface area (Å²) in [6.45, 7) is 2.52. The van der Waals surface area contributed by atoms with Crippen LogP contribution in [0.1, 0.15) is 28.8 Å². The summed E-state index contributed by atoms with van der Waals surface area (Å²) in [6.07, 6.45) is 4.47. The molecule has 3 aromatic carbocycles.